The van der Waals surface area contributed by atoms with Crippen molar-refractivity contribution < 1.29 is 14.7 Å². The van der Waals surface area contributed by atoms with E-state index in [9.17, 15) is 9.59 Å². The Balaban J connectivity index is 2.58. The topological polar surface area (TPSA) is 91.3 Å². The number of anilines is 1. The summed E-state index contributed by atoms with van der Waals surface area (Å²) in [5.41, 5.74) is 4.57. The lowest BCUT2D eigenvalue weighted by atomic mass is 10.4. The number of halogens is 1. The van der Waals surface area contributed by atoms with Crippen LogP contribution < -0.4 is 10.9 Å². The zero-order valence-electron chi connectivity index (χ0n) is 6.82. The van der Waals surface area contributed by atoms with E-state index in [1.54, 1.807) is 6.07 Å². The van der Waals surface area contributed by atoms with Gasteiger partial charge in [0.25, 0.3) is 0 Å². The largest absolute Gasteiger partial charge is 0.474 e. The van der Waals surface area contributed by atoms with Gasteiger partial charge in [-0.05, 0) is 12.1 Å². The monoisotopic (exact) mass is 215 g/mol. The quantitative estimate of drug-likeness (QED) is 0.374. The molecule has 1 rings (SSSR count). The highest BCUT2D eigenvalue weighted by molar-refractivity contribution is 6.33. The molecule has 7 heteroatoms. The number of pyridine rings is 1. The zero-order chi connectivity index (χ0) is 10.6. The molecule has 1 aromatic rings. The second-order valence-electron chi connectivity index (χ2n) is 2.23. The van der Waals surface area contributed by atoms with Crippen LogP contribution in [0.5, 0.6) is 0 Å². The van der Waals surface area contributed by atoms with E-state index < -0.39 is 11.9 Å². The van der Waals surface area contributed by atoms with Crippen LogP contribution in [-0.2, 0) is 9.59 Å². The van der Waals surface area contributed by atoms with Crippen molar-refractivity contribution >= 4 is 29.2 Å². The highest BCUT2D eigenvalue weighted by Gasteiger charge is 2.10. The zero-order valence-corrected chi connectivity index (χ0v) is 7.58. The van der Waals surface area contributed by atoms with Crippen LogP contribution in [0.1, 0.15) is 0 Å². The number of aliphatic carboxylic acids is 1. The van der Waals surface area contributed by atoms with Gasteiger partial charge >= 0.3 is 11.9 Å². The normalized spacial score (nSPS) is 9.21. The molecule has 14 heavy (non-hydrogen) atoms. The molecule has 3 N–H and O–H groups in total. The summed E-state index contributed by atoms with van der Waals surface area (Å²) >= 11 is 5.61. The number of aromatic nitrogens is 1. The van der Waals surface area contributed by atoms with E-state index in [1.807, 2.05) is 5.43 Å². The molecule has 0 aliphatic rings. The smallest absolute Gasteiger partial charge is 0.396 e. The predicted molar refractivity (Wildman–Crippen MR) is 48.6 cm³/mol. The van der Waals surface area contributed by atoms with Gasteiger partial charge in [-0.3, -0.25) is 15.6 Å². The van der Waals surface area contributed by atoms with Gasteiger partial charge in [0.1, 0.15) is 0 Å². The van der Waals surface area contributed by atoms with Gasteiger partial charge in [0.2, 0.25) is 0 Å². The molecule has 0 saturated carbocycles. The molecule has 0 aliphatic carbocycles. The van der Waals surface area contributed by atoms with Crippen molar-refractivity contribution in [3.63, 3.8) is 0 Å². The molecule has 1 amide bonds. The van der Waals surface area contributed by atoms with E-state index in [1.165, 1.54) is 12.3 Å². The van der Waals surface area contributed by atoms with E-state index in [0.29, 0.717) is 5.69 Å². The third-order valence-corrected chi connectivity index (χ3v) is 1.57. The summed E-state index contributed by atoms with van der Waals surface area (Å²) in [6.45, 7) is 0. The molecule has 0 fully saturated rings. The third-order valence-electron chi connectivity index (χ3n) is 1.26. The van der Waals surface area contributed by atoms with Gasteiger partial charge in [-0.15, -0.1) is 0 Å². The lowest BCUT2D eigenvalue weighted by molar-refractivity contribution is -0.149. The fraction of sp³-hybridized carbons (Fsp3) is 0. The third kappa shape index (κ3) is 2.60. The molecular weight excluding hydrogens is 210 g/mol. The average molecular weight is 216 g/mol. The summed E-state index contributed by atoms with van der Waals surface area (Å²) in [7, 11) is 0. The molecule has 0 saturated heterocycles. The standard InChI is InChI=1S/C7H6ClN3O3/c8-5-4(2-1-3-9-5)10-11-6(12)7(13)14/h1-3,10H,(H,11,12)(H,13,14). The van der Waals surface area contributed by atoms with Crippen LogP contribution in [0.2, 0.25) is 5.15 Å². The summed E-state index contributed by atoms with van der Waals surface area (Å²) in [5, 5.41) is 8.37. The lowest BCUT2D eigenvalue weighted by Crippen LogP contribution is -2.35. The van der Waals surface area contributed by atoms with Crippen molar-refractivity contribution in [2.75, 3.05) is 5.43 Å². The molecule has 0 spiro atoms. The highest BCUT2D eigenvalue weighted by Crippen LogP contribution is 2.15. The molecule has 74 valence electrons. The number of amides is 1. The number of hydrogen-bond donors (Lipinski definition) is 3. The molecule has 1 aromatic heterocycles. The number of carbonyl (C=O) groups excluding carboxylic acids is 1. The van der Waals surface area contributed by atoms with E-state index >= 15 is 0 Å². The molecule has 0 radical (unpaired) electrons. The predicted octanol–water partition coefficient (Wildman–Crippen LogP) is 0.263. The Morgan fingerprint density at radius 3 is 2.79 bits per heavy atom. The molecular formula is C7H6ClN3O3. The van der Waals surface area contributed by atoms with Crippen LogP contribution in [-0.4, -0.2) is 22.0 Å². The van der Waals surface area contributed by atoms with Crippen LogP contribution in [0.4, 0.5) is 5.69 Å². The van der Waals surface area contributed by atoms with Crippen LogP contribution >= 0.6 is 11.6 Å². The maximum absolute atomic E-state index is 10.6. The van der Waals surface area contributed by atoms with Gasteiger partial charge in [-0.1, -0.05) is 11.6 Å². The Morgan fingerprint density at radius 1 is 1.50 bits per heavy atom. The van der Waals surface area contributed by atoms with Crippen molar-refractivity contribution in [3.05, 3.63) is 23.5 Å². The summed E-state index contributed by atoms with van der Waals surface area (Å²) in [4.78, 5) is 24.4. The molecule has 0 atom stereocenters. The van der Waals surface area contributed by atoms with Gasteiger partial charge in [0, 0.05) is 6.20 Å². The Hall–Kier alpha value is -1.82. The molecule has 0 unspecified atom stereocenters. The summed E-state index contributed by atoms with van der Waals surface area (Å²) in [6.07, 6.45) is 1.46. The van der Waals surface area contributed by atoms with Crippen molar-refractivity contribution in [3.8, 4) is 0 Å². The van der Waals surface area contributed by atoms with Crippen molar-refractivity contribution in [2.24, 2.45) is 0 Å². The van der Waals surface area contributed by atoms with Crippen LogP contribution in [0.3, 0.4) is 0 Å². The van der Waals surface area contributed by atoms with Crippen LogP contribution in [0, 0.1) is 0 Å². The average Bonchev–Trinajstić information content (AvgIpc) is 2.16. The fourth-order valence-corrected chi connectivity index (χ4v) is 0.823. The first-order chi connectivity index (χ1) is 6.61. The molecule has 6 nitrogen and oxygen atoms in total. The van der Waals surface area contributed by atoms with Gasteiger partial charge < -0.3 is 5.11 Å². The number of carboxylic acids is 1. The minimum atomic E-state index is -1.59. The Morgan fingerprint density at radius 2 is 2.21 bits per heavy atom. The second kappa shape index (κ2) is 4.43. The lowest BCUT2D eigenvalue weighted by Gasteiger charge is -2.06. The minimum Gasteiger partial charge on any atom is -0.474 e. The Bertz CT molecular complexity index is 369. The Labute approximate surface area is 83.9 Å². The first kappa shape index (κ1) is 10.3. The number of carbonyl (C=O) groups is 2. The van der Waals surface area contributed by atoms with Crippen molar-refractivity contribution in [2.45, 2.75) is 0 Å². The summed E-state index contributed by atoms with van der Waals surface area (Å²) < 4.78 is 0. The first-order valence-electron chi connectivity index (χ1n) is 3.51. The van der Waals surface area contributed by atoms with E-state index in [-0.39, 0.29) is 5.15 Å². The van der Waals surface area contributed by atoms with E-state index in [0.717, 1.165) is 0 Å². The highest BCUT2D eigenvalue weighted by atomic mass is 35.5. The number of rotatable bonds is 2. The molecule has 0 aliphatic heterocycles. The maximum atomic E-state index is 10.6. The molecule has 0 bridgehead atoms. The second-order valence-corrected chi connectivity index (χ2v) is 2.58. The molecule has 1 heterocycles. The summed E-state index contributed by atoms with van der Waals surface area (Å²) in [6, 6.07) is 3.12. The summed E-state index contributed by atoms with van der Waals surface area (Å²) in [5.74, 6) is -2.76. The number of nitrogens with zero attached hydrogens (tertiary/aromatic N) is 1. The maximum Gasteiger partial charge on any atom is 0.396 e. The van der Waals surface area contributed by atoms with Gasteiger partial charge in [-0.2, -0.15) is 0 Å². The van der Waals surface area contributed by atoms with Gasteiger partial charge in [0.15, 0.2) is 5.15 Å². The van der Waals surface area contributed by atoms with Crippen molar-refractivity contribution in [1.29, 1.82) is 0 Å². The van der Waals surface area contributed by atoms with Crippen LogP contribution in [0.15, 0.2) is 18.3 Å². The molecule has 0 aromatic carbocycles. The SMILES string of the molecule is O=C(O)C(=O)NNc1cccnc1Cl. The number of nitrogens with one attached hydrogen (secondary N) is 2. The van der Waals surface area contributed by atoms with Crippen LogP contribution in [0.25, 0.3) is 0 Å². The number of hydrogen-bond acceptors (Lipinski definition) is 4. The van der Waals surface area contributed by atoms with Crippen molar-refractivity contribution in [1.82, 2.24) is 10.4 Å². The van der Waals surface area contributed by atoms with E-state index in [4.69, 9.17) is 16.7 Å². The minimum absolute atomic E-state index is 0.137. The number of carboxylic acid groups (broad SMARTS) is 1. The first-order valence-corrected chi connectivity index (χ1v) is 3.89. The Kier molecular flexibility index (Phi) is 3.24. The van der Waals surface area contributed by atoms with Gasteiger partial charge in [-0.25, -0.2) is 9.78 Å². The van der Waals surface area contributed by atoms with Gasteiger partial charge in [0.05, 0.1) is 5.69 Å². The number of hydrazine groups is 1. The van der Waals surface area contributed by atoms with E-state index in [2.05, 4.69) is 10.4 Å². The fourth-order valence-electron chi connectivity index (χ4n) is 0.657.